The number of nitrogens with one attached hydrogen (secondary N) is 1. The van der Waals surface area contributed by atoms with Crippen molar-refractivity contribution in [3.05, 3.63) is 65.5 Å². The fourth-order valence-electron chi connectivity index (χ4n) is 2.68. The molecule has 0 aliphatic heterocycles. The number of hydrogen-bond donors (Lipinski definition) is 2. The van der Waals surface area contributed by atoms with E-state index in [1.54, 1.807) is 44.4 Å². The Kier molecular flexibility index (Phi) is 8.08. The Bertz CT molecular complexity index is 1010. The Morgan fingerprint density at radius 2 is 2.10 bits per heavy atom. The van der Waals surface area contributed by atoms with Gasteiger partial charge in [-0.3, -0.25) is 4.79 Å². The highest BCUT2D eigenvalue weighted by molar-refractivity contribution is 5.94. The van der Waals surface area contributed by atoms with E-state index in [2.05, 4.69) is 21.5 Å². The average Bonchev–Trinajstić information content (AvgIpc) is 3.13. The molecule has 2 N–H and O–H groups in total. The molecule has 0 bridgehead atoms. The topological polar surface area (TPSA) is 113 Å². The number of carbonyl (C=O) groups is 1. The summed E-state index contributed by atoms with van der Waals surface area (Å²) in [7, 11) is 1.57. The van der Waals surface area contributed by atoms with E-state index in [9.17, 15) is 9.90 Å². The normalized spacial score (nSPS) is 13.3. The summed E-state index contributed by atoms with van der Waals surface area (Å²) in [4.78, 5) is 16.5. The lowest BCUT2D eigenvalue weighted by atomic mass is 10.1. The molecular formula is C22H25N5O3. The molecule has 2 aromatic rings. The molecule has 2 rings (SSSR count). The van der Waals surface area contributed by atoms with Crippen molar-refractivity contribution in [1.29, 1.82) is 5.26 Å². The maximum atomic E-state index is 12.2. The number of methoxy groups -OCH3 is 1. The fourth-order valence-corrected chi connectivity index (χ4v) is 2.68. The van der Waals surface area contributed by atoms with E-state index in [1.165, 1.54) is 17.1 Å². The molecule has 8 heteroatoms. The zero-order valence-corrected chi connectivity index (χ0v) is 17.5. The Morgan fingerprint density at radius 1 is 1.33 bits per heavy atom. The number of rotatable bonds is 8. The van der Waals surface area contributed by atoms with Gasteiger partial charge in [0.05, 0.1) is 30.0 Å². The zero-order chi connectivity index (χ0) is 22.1. The number of hydrogen-bond acceptors (Lipinski definition) is 6. The van der Waals surface area contributed by atoms with Crippen LogP contribution >= 0.6 is 0 Å². The standard InChI is InChI=1S/C22H25N5O3/c1-5-16(11-23)7-8-17(6-2)19-13-25-27(22(19)29)20-10-9-18(12-24-20)21(28)26-15(3)14-30-4/h5-10,12-13,15,29H,14H2,1-4H3,(H,26,28)/b8-7-,16-5+,17-6-. The molecule has 2 aromatic heterocycles. The van der Waals surface area contributed by atoms with Gasteiger partial charge in [0.25, 0.3) is 5.91 Å². The second-order valence-corrected chi connectivity index (χ2v) is 6.46. The minimum atomic E-state index is -0.261. The van der Waals surface area contributed by atoms with Crippen molar-refractivity contribution in [3.8, 4) is 17.8 Å². The van der Waals surface area contributed by atoms with E-state index in [4.69, 9.17) is 10.00 Å². The largest absolute Gasteiger partial charge is 0.493 e. The SMILES string of the molecule is C/C=C(/C=C\C(C#N)=C/C)c1cnn(-c2ccc(C(=O)NC(C)COC)cn2)c1O. The Hall–Kier alpha value is -3.70. The molecule has 0 fully saturated rings. The van der Waals surface area contributed by atoms with Crippen LogP contribution in [0.4, 0.5) is 0 Å². The summed E-state index contributed by atoms with van der Waals surface area (Å²) in [5.41, 5.74) is 2.10. The van der Waals surface area contributed by atoms with Gasteiger partial charge in [0, 0.05) is 24.9 Å². The number of nitriles is 1. The first-order chi connectivity index (χ1) is 14.4. The molecule has 0 spiro atoms. The quantitative estimate of drug-likeness (QED) is 0.513. The van der Waals surface area contributed by atoms with Crippen molar-refractivity contribution < 1.29 is 14.6 Å². The first kappa shape index (κ1) is 22.6. The first-order valence-electron chi connectivity index (χ1n) is 9.39. The van der Waals surface area contributed by atoms with Crippen LogP contribution in [0.25, 0.3) is 11.4 Å². The van der Waals surface area contributed by atoms with Gasteiger partial charge in [0.2, 0.25) is 5.88 Å². The van der Waals surface area contributed by atoms with E-state index in [0.29, 0.717) is 34.7 Å². The van der Waals surface area contributed by atoms with Crippen molar-refractivity contribution in [1.82, 2.24) is 20.1 Å². The van der Waals surface area contributed by atoms with Gasteiger partial charge >= 0.3 is 0 Å². The number of aromatic nitrogens is 3. The van der Waals surface area contributed by atoms with Gasteiger partial charge < -0.3 is 15.2 Å². The molecule has 156 valence electrons. The molecule has 1 amide bonds. The molecule has 0 saturated heterocycles. The summed E-state index contributed by atoms with van der Waals surface area (Å²) in [6.45, 7) is 5.86. The number of amides is 1. The van der Waals surface area contributed by atoms with E-state index >= 15 is 0 Å². The Balaban J connectivity index is 2.23. The second-order valence-electron chi connectivity index (χ2n) is 6.46. The van der Waals surface area contributed by atoms with Crippen molar-refractivity contribution in [2.24, 2.45) is 0 Å². The highest BCUT2D eigenvalue weighted by Gasteiger charge is 2.15. The summed E-state index contributed by atoms with van der Waals surface area (Å²) in [5.74, 6) is 0.0126. The molecule has 0 saturated carbocycles. The van der Waals surface area contributed by atoms with Crippen LogP contribution in [0.1, 0.15) is 36.7 Å². The average molecular weight is 407 g/mol. The van der Waals surface area contributed by atoms with Crippen LogP contribution in [-0.4, -0.2) is 45.5 Å². The summed E-state index contributed by atoms with van der Waals surface area (Å²) < 4.78 is 6.29. The van der Waals surface area contributed by atoms with Crippen LogP contribution in [0.5, 0.6) is 5.88 Å². The summed E-state index contributed by atoms with van der Waals surface area (Å²) >= 11 is 0. The monoisotopic (exact) mass is 407 g/mol. The third-order valence-electron chi connectivity index (χ3n) is 4.27. The molecule has 8 nitrogen and oxygen atoms in total. The molecule has 0 radical (unpaired) electrons. The van der Waals surface area contributed by atoms with Crippen molar-refractivity contribution >= 4 is 11.5 Å². The number of allylic oxidation sites excluding steroid dienone is 6. The molecule has 2 heterocycles. The van der Waals surface area contributed by atoms with Crippen molar-refractivity contribution in [3.63, 3.8) is 0 Å². The van der Waals surface area contributed by atoms with Gasteiger partial charge in [0.15, 0.2) is 5.82 Å². The summed E-state index contributed by atoms with van der Waals surface area (Å²) in [6.07, 6.45) is 9.86. The lowest BCUT2D eigenvalue weighted by Gasteiger charge is -2.12. The van der Waals surface area contributed by atoms with Crippen LogP contribution in [0.3, 0.4) is 0 Å². The van der Waals surface area contributed by atoms with Crippen molar-refractivity contribution in [2.75, 3.05) is 13.7 Å². The fraction of sp³-hybridized carbons (Fsp3) is 0.273. The number of carbonyl (C=O) groups excluding carboxylic acids is 1. The lowest BCUT2D eigenvalue weighted by molar-refractivity contribution is 0.0905. The molecule has 0 aliphatic carbocycles. The van der Waals surface area contributed by atoms with Crippen LogP contribution in [0, 0.1) is 11.3 Å². The van der Waals surface area contributed by atoms with Gasteiger partial charge in [-0.1, -0.05) is 18.2 Å². The summed E-state index contributed by atoms with van der Waals surface area (Å²) in [6, 6.07) is 5.16. The lowest BCUT2D eigenvalue weighted by Crippen LogP contribution is -2.35. The van der Waals surface area contributed by atoms with Gasteiger partial charge in [0.1, 0.15) is 0 Å². The van der Waals surface area contributed by atoms with Gasteiger partial charge in [-0.25, -0.2) is 4.98 Å². The van der Waals surface area contributed by atoms with Crippen molar-refractivity contribution in [2.45, 2.75) is 26.8 Å². The van der Waals surface area contributed by atoms with E-state index in [0.717, 1.165) is 0 Å². The van der Waals surface area contributed by atoms with E-state index < -0.39 is 0 Å². The van der Waals surface area contributed by atoms with Gasteiger partial charge in [-0.15, -0.1) is 0 Å². The highest BCUT2D eigenvalue weighted by atomic mass is 16.5. The van der Waals surface area contributed by atoms with Crippen LogP contribution in [0.15, 0.2) is 54.4 Å². The predicted octanol–water partition coefficient (Wildman–Crippen LogP) is 3.17. The molecular weight excluding hydrogens is 382 g/mol. The molecule has 1 atom stereocenters. The summed E-state index contributed by atoms with van der Waals surface area (Å²) in [5, 5.41) is 26.7. The Labute approximate surface area is 175 Å². The van der Waals surface area contributed by atoms with Crippen LogP contribution < -0.4 is 5.32 Å². The zero-order valence-electron chi connectivity index (χ0n) is 17.5. The third kappa shape index (κ3) is 5.43. The Morgan fingerprint density at radius 3 is 2.67 bits per heavy atom. The highest BCUT2D eigenvalue weighted by Crippen LogP contribution is 2.28. The minimum absolute atomic E-state index is 0.0924. The molecule has 30 heavy (non-hydrogen) atoms. The number of nitrogens with zero attached hydrogens (tertiary/aromatic N) is 4. The minimum Gasteiger partial charge on any atom is -0.493 e. The van der Waals surface area contributed by atoms with Gasteiger partial charge in [-0.05, 0) is 44.6 Å². The van der Waals surface area contributed by atoms with Crippen LogP contribution in [-0.2, 0) is 4.74 Å². The van der Waals surface area contributed by atoms with Crippen LogP contribution in [0.2, 0.25) is 0 Å². The number of aromatic hydroxyl groups is 1. The van der Waals surface area contributed by atoms with Gasteiger partial charge in [-0.2, -0.15) is 15.0 Å². The molecule has 1 unspecified atom stereocenters. The van der Waals surface area contributed by atoms with E-state index in [1.807, 2.05) is 19.9 Å². The first-order valence-corrected chi connectivity index (χ1v) is 9.39. The maximum absolute atomic E-state index is 12.2. The van der Waals surface area contributed by atoms with E-state index in [-0.39, 0.29) is 17.8 Å². The third-order valence-corrected chi connectivity index (χ3v) is 4.27. The number of ether oxygens (including phenoxy) is 1. The predicted molar refractivity (Wildman–Crippen MR) is 114 cm³/mol. The molecule has 0 aliphatic rings. The maximum Gasteiger partial charge on any atom is 0.253 e. The second kappa shape index (κ2) is 10.7. The molecule has 0 aromatic carbocycles. The number of pyridine rings is 1. The smallest absolute Gasteiger partial charge is 0.253 e.